The summed E-state index contributed by atoms with van der Waals surface area (Å²) in [5, 5.41) is 0. The van der Waals surface area contributed by atoms with Crippen molar-refractivity contribution in [1.82, 2.24) is 19.8 Å². The molecule has 1 fully saturated rings. The van der Waals surface area contributed by atoms with E-state index in [1.807, 2.05) is 34.6 Å². The Hall–Kier alpha value is -3.62. The van der Waals surface area contributed by atoms with Gasteiger partial charge in [-0.25, -0.2) is 9.78 Å². The molecule has 0 atom stereocenters. The van der Waals surface area contributed by atoms with Gasteiger partial charge in [0.15, 0.2) is 11.2 Å². The summed E-state index contributed by atoms with van der Waals surface area (Å²) in [6, 6.07) is 8.60. The largest absolute Gasteiger partial charge is 0.444 e. The third-order valence-corrected chi connectivity index (χ3v) is 4.83. The van der Waals surface area contributed by atoms with Crippen LogP contribution in [0.25, 0.3) is 22.7 Å². The van der Waals surface area contributed by atoms with Crippen molar-refractivity contribution >= 4 is 28.9 Å². The van der Waals surface area contributed by atoms with Crippen molar-refractivity contribution in [1.29, 1.82) is 0 Å². The maximum absolute atomic E-state index is 13.1. The summed E-state index contributed by atoms with van der Waals surface area (Å²) in [6.07, 6.45) is 1.27. The lowest BCUT2D eigenvalue weighted by Gasteiger charge is -2.35. The molecule has 2 amide bonds. The van der Waals surface area contributed by atoms with Gasteiger partial charge in [-0.3, -0.25) is 4.79 Å². The highest BCUT2D eigenvalue weighted by molar-refractivity contribution is 5.96. The van der Waals surface area contributed by atoms with Crippen LogP contribution in [0.2, 0.25) is 0 Å². The monoisotopic (exact) mass is 469 g/mol. The van der Waals surface area contributed by atoms with E-state index in [-0.39, 0.29) is 19.4 Å². The molecule has 9 heteroatoms. The number of carbonyl (C=O) groups is 2. The number of fused-ring (bicyclic) bond motifs is 1. The minimum atomic E-state index is -0.553. The van der Waals surface area contributed by atoms with Crippen LogP contribution in [0.1, 0.15) is 52.4 Å². The fourth-order valence-corrected chi connectivity index (χ4v) is 3.39. The Kier molecular flexibility index (Phi) is 8.62. The summed E-state index contributed by atoms with van der Waals surface area (Å²) in [5.41, 5.74) is 8.03. The number of pyridine rings is 1. The highest BCUT2D eigenvalue weighted by Gasteiger charge is 2.28. The fourth-order valence-electron chi connectivity index (χ4n) is 3.39. The van der Waals surface area contributed by atoms with Gasteiger partial charge in [0, 0.05) is 49.2 Å². The molecule has 2 aromatic heterocycles. The smallest absolute Gasteiger partial charge is 0.410 e. The van der Waals surface area contributed by atoms with Crippen LogP contribution in [-0.2, 0) is 4.74 Å². The molecule has 9 nitrogen and oxygen atoms in total. The first-order valence-electron chi connectivity index (χ1n) is 11.1. The van der Waals surface area contributed by atoms with Crippen molar-refractivity contribution < 1.29 is 18.7 Å². The van der Waals surface area contributed by atoms with Gasteiger partial charge in [0.2, 0.25) is 5.89 Å². The van der Waals surface area contributed by atoms with Gasteiger partial charge in [0.1, 0.15) is 5.60 Å². The van der Waals surface area contributed by atoms with Gasteiger partial charge < -0.3 is 24.7 Å². The van der Waals surface area contributed by atoms with Crippen LogP contribution >= 0.6 is 0 Å². The first-order valence-corrected chi connectivity index (χ1v) is 11.1. The van der Waals surface area contributed by atoms with Crippen LogP contribution in [0, 0.1) is 0 Å². The number of ether oxygens (including phenoxy) is 1. The van der Waals surface area contributed by atoms with E-state index in [2.05, 4.69) is 9.97 Å². The molecular formula is C25H35N5O4. The van der Waals surface area contributed by atoms with E-state index in [1.54, 1.807) is 46.3 Å². The van der Waals surface area contributed by atoms with Crippen molar-refractivity contribution in [3.05, 3.63) is 42.1 Å². The van der Waals surface area contributed by atoms with E-state index in [0.717, 1.165) is 0 Å². The van der Waals surface area contributed by atoms with Crippen LogP contribution in [0.5, 0.6) is 0 Å². The van der Waals surface area contributed by atoms with E-state index in [0.29, 0.717) is 60.1 Å². The second kappa shape index (κ2) is 11.0. The van der Waals surface area contributed by atoms with Crippen LogP contribution in [0.15, 0.2) is 40.9 Å². The number of carbonyl (C=O) groups excluding carboxylic acids is 2. The van der Waals surface area contributed by atoms with Crippen molar-refractivity contribution in [2.24, 2.45) is 0 Å². The number of hydrogen-bond acceptors (Lipinski definition) is 7. The Morgan fingerprint density at radius 2 is 1.71 bits per heavy atom. The van der Waals surface area contributed by atoms with Crippen LogP contribution in [0.3, 0.4) is 0 Å². The molecule has 0 aliphatic carbocycles. The number of piperazine rings is 1. The van der Waals surface area contributed by atoms with Crippen LogP contribution in [0.4, 0.5) is 10.5 Å². The molecule has 1 aliphatic rings. The average molecular weight is 470 g/mol. The van der Waals surface area contributed by atoms with Crippen molar-refractivity contribution in [2.45, 2.75) is 47.6 Å². The molecule has 3 heterocycles. The zero-order valence-corrected chi connectivity index (χ0v) is 19.8. The summed E-state index contributed by atoms with van der Waals surface area (Å²) in [7, 11) is 0. The quantitative estimate of drug-likeness (QED) is 0.535. The van der Waals surface area contributed by atoms with Gasteiger partial charge in [0.05, 0.1) is 0 Å². The van der Waals surface area contributed by atoms with E-state index >= 15 is 0 Å². The molecule has 0 unspecified atom stereocenters. The molecule has 1 saturated heterocycles. The number of anilines is 1. The molecule has 0 saturated carbocycles. The first kappa shape index (κ1) is 26.6. The zero-order valence-electron chi connectivity index (χ0n) is 19.8. The lowest BCUT2D eigenvalue weighted by atomic mass is 10.1. The maximum atomic E-state index is 13.1. The maximum Gasteiger partial charge on any atom is 0.410 e. The van der Waals surface area contributed by atoms with Gasteiger partial charge in [-0.15, -0.1) is 0 Å². The van der Waals surface area contributed by atoms with Gasteiger partial charge in [-0.05, 0) is 51.1 Å². The molecule has 1 aromatic carbocycles. The van der Waals surface area contributed by atoms with Crippen molar-refractivity contribution in [3.8, 4) is 11.5 Å². The number of nitrogen functional groups attached to an aromatic ring is 1. The van der Waals surface area contributed by atoms with E-state index in [9.17, 15) is 9.59 Å². The van der Waals surface area contributed by atoms with Crippen LogP contribution < -0.4 is 5.73 Å². The minimum Gasteiger partial charge on any atom is -0.444 e. The standard InChI is InChI=1S/C22H25N5O4.C2H6.CH4/c1-22(2,3)31-21(29)27-9-7-26(8-10-27)20(28)15-11-14(12-16(23)13-15)19-25-18-17(30-19)5-4-6-24-18;1-2;/h4-6,11-13H,7-10,23H2,1-3H3;1-2H3;1H4. The second-order valence-electron chi connectivity index (χ2n) is 8.45. The Morgan fingerprint density at radius 3 is 2.32 bits per heavy atom. The number of nitrogens with two attached hydrogens (primary N) is 1. The predicted octanol–water partition coefficient (Wildman–Crippen LogP) is 4.83. The Balaban J connectivity index is 0.00000133. The Labute approximate surface area is 200 Å². The number of aromatic nitrogens is 2. The van der Waals surface area contributed by atoms with E-state index in [4.69, 9.17) is 14.9 Å². The van der Waals surface area contributed by atoms with Crippen LogP contribution in [-0.4, -0.2) is 63.5 Å². The summed E-state index contributed by atoms with van der Waals surface area (Å²) in [6.45, 7) is 11.1. The molecule has 3 aromatic rings. The molecule has 0 bridgehead atoms. The van der Waals surface area contributed by atoms with E-state index < -0.39 is 5.60 Å². The second-order valence-corrected chi connectivity index (χ2v) is 8.45. The molecule has 2 N–H and O–H groups in total. The average Bonchev–Trinajstić information content (AvgIpc) is 3.23. The molecule has 4 rings (SSSR count). The fraction of sp³-hybridized carbons (Fsp3) is 0.440. The molecule has 184 valence electrons. The molecule has 0 radical (unpaired) electrons. The third-order valence-electron chi connectivity index (χ3n) is 4.83. The Morgan fingerprint density at radius 1 is 1.06 bits per heavy atom. The summed E-state index contributed by atoms with van der Waals surface area (Å²) in [4.78, 5) is 37.2. The van der Waals surface area contributed by atoms with Gasteiger partial charge in [-0.2, -0.15) is 4.98 Å². The third kappa shape index (κ3) is 6.24. The van der Waals surface area contributed by atoms with Gasteiger partial charge in [-0.1, -0.05) is 21.3 Å². The van der Waals surface area contributed by atoms with Crippen molar-refractivity contribution in [2.75, 3.05) is 31.9 Å². The summed E-state index contributed by atoms with van der Waals surface area (Å²) >= 11 is 0. The predicted molar refractivity (Wildman–Crippen MR) is 133 cm³/mol. The minimum absolute atomic E-state index is 0. The highest BCUT2D eigenvalue weighted by atomic mass is 16.6. The summed E-state index contributed by atoms with van der Waals surface area (Å²) < 4.78 is 11.2. The lowest BCUT2D eigenvalue weighted by molar-refractivity contribution is 0.0141. The number of hydrogen-bond donors (Lipinski definition) is 1. The Bertz CT molecular complexity index is 1090. The molecular weight excluding hydrogens is 434 g/mol. The number of oxazole rings is 1. The number of nitrogens with zero attached hydrogens (tertiary/aromatic N) is 4. The first-order chi connectivity index (χ1) is 15.7. The zero-order chi connectivity index (χ0) is 24.2. The SMILES string of the molecule is C.CC.CC(C)(C)OC(=O)N1CCN(C(=O)c2cc(N)cc(-c3nc4ncccc4o3)c2)CC1. The molecule has 34 heavy (non-hydrogen) atoms. The van der Waals surface area contributed by atoms with Crippen molar-refractivity contribution in [3.63, 3.8) is 0 Å². The summed E-state index contributed by atoms with van der Waals surface area (Å²) in [5.74, 6) is 0.191. The number of amides is 2. The van der Waals surface area contributed by atoms with Gasteiger partial charge in [0.25, 0.3) is 5.91 Å². The molecule has 0 spiro atoms. The highest BCUT2D eigenvalue weighted by Crippen LogP contribution is 2.27. The van der Waals surface area contributed by atoms with Gasteiger partial charge >= 0.3 is 6.09 Å². The normalized spacial score (nSPS) is 13.6. The molecule has 1 aliphatic heterocycles. The number of rotatable bonds is 2. The lowest BCUT2D eigenvalue weighted by Crippen LogP contribution is -2.51. The van der Waals surface area contributed by atoms with E-state index in [1.165, 1.54) is 0 Å². The number of benzene rings is 1. The topological polar surface area (TPSA) is 115 Å².